The van der Waals surface area contributed by atoms with E-state index >= 15 is 0 Å². The van der Waals surface area contributed by atoms with E-state index in [0.29, 0.717) is 16.5 Å². The Kier molecular flexibility index (Phi) is 4.55. The standard InChI is InChI=1S/C18H14N4O5S/c23-14-9-13-12(8-10-2-4-11(5-3-10)22(26)27)16(15(17(24)25)21(13)14)28-18-19-6-1-7-20-18/h1-7,12-13H,8-9H2,(H,24,25). The SMILES string of the molecule is O=C(O)C1=C(Sc2ncccn2)C(Cc2ccc([N+](=O)[O-])cc2)C2CC(=O)N12. The first-order valence-corrected chi connectivity index (χ1v) is 9.25. The van der Waals surface area contributed by atoms with Crippen LogP contribution >= 0.6 is 11.8 Å². The lowest BCUT2D eigenvalue weighted by atomic mass is 9.87. The number of hydrogen-bond acceptors (Lipinski definition) is 7. The first-order chi connectivity index (χ1) is 13.5. The van der Waals surface area contributed by atoms with Gasteiger partial charge in [-0.3, -0.25) is 14.9 Å². The van der Waals surface area contributed by atoms with Gasteiger partial charge < -0.3 is 10.0 Å². The van der Waals surface area contributed by atoms with Crippen molar-refractivity contribution in [2.45, 2.75) is 24.0 Å². The number of carboxylic acids is 1. The summed E-state index contributed by atoms with van der Waals surface area (Å²) < 4.78 is 0. The van der Waals surface area contributed by atoms with E-state index in [0.717, 1.165) is 17.3 Å². The van der Waals surface area contributed by atoms with Crippen molar-refractivity contribution in [2.75, 3.05) is 0 Å². The fourth-order valence-electron chi connectivity index (χ4n) is 3.53. The van der Waals surface area contributed by atoms with Crippen LogP contribution in [0.4, 0.5) is 5.69 Å². The van der Waals surface area contributed by atoms with Gasteiger partial charge in [0, 0.05) is 41.8 Å². The minimum absolute atomic E-state index is 0.00956. The monoisotopic (exact) mass is 398 g/mol. The largest absolute Gasteiger partial charge is 0.477 e. The molecule has 4 rings (SSSR count). The van der Waals surface area contributed by atoms with E-state index in [1.54, 1.807) is 30.6 Å². The lowest BCUT2D eigenvalue weighted by molar-refractivity contribution is -0.384. The van der Waals surface area contributed by atoms with Crippen molar-refractivity contribution in [1.29, 1.82) is 0 Å². The molecule has 2 aliphatic heterocycles. The Bertz CT molecular complexity index is 993. The molecular formula is C18H14N4O5S. The Morgan fingerprint density at radius 2 is 1.96 bits per heavy atom. The van der Waals surface area contributed by atoms with Crippen LogP contribution < -0.4 is 0 Å². The average Bonchev–Trinajstić information content (AvgIpc) is 2.91. The summed E-state index contributed by atoms with van der Waals surface area (Å²) >= 11 is 1.15. The molecule has 2 unspecified atom stereocenters. The molecule has 2 aliphatic rings. The molecular weight excluding hydrogens is 384 g/mol. The molecule has 0 radical (unpaired) electrons. The molecule has 0 bridgehead atoms. The predicted molar refractivity (Wildman–Crippen MR) is 98.1 cm³/mol. The van der Waals surface area contributed by atoms with Crippen molar-refractivity contribution < 1.29 is 19.6 Å². The maximum Gasteiger partial charge on any atom is 0.353 e. The molecule has 1 aromatic carbocycles. The molecule has 0 saturated carbocycles. The number of benzene rings is 1. The quantitative estimate of drug-likeness (QED) is 0.340. The molecule has 1 saturated heterocycles. The Balaban J connectivity index is 1.68. The van der Waals surface area contributed by atoms with Crippen LogP contribution in [-0.2, 0) is 16.0 Å². The number of nitro groups is 1. The van der Waals surface area contributed by atoms with Crippen LogP contribution in [0, 0.1) is 16.0 Å². The van der Waals surface area contributed by atoms with Gasteiger partial charge in [-0.1, -0.05) is 23.9 Å². The third-order valence-corrected chi connectivity index (χ3v) is 5.92. The second-order valence-corrected chi connectivity index (χ2v) is 7.43. The number of fused-ring (bicyclic) bond motifs is 1. The molecule has 1 aromatic heterocycles. The third kappa shape index (κ3) is 3.11. The Labute approximate surface area is 163 Å². The number of hydrogen-bond donors (Lipinski definition) is 1. The zero-order chi connectivity index (χ0) is 19.8. The lowest BCUT2D eigenvalue weighted by Gasteiger charge is -2.38. The summed E-state index contributed by atoms with van der Waals surface area (Å²) in [6, 6.07) is 7.58. The van der Waals surface area contributed by atoms with Crippen LogP contribution in [0.1, 0.15) is 12.0 Å². The van der Waals surface area contributed by atoms with Crippen LogP contribution in [0.2, 0.25) is 0 Å². The van der Waals surface area contributed by atoms with Crippen molar-refractivity contribution in [1.82, 2.24) is 14.9 Å². The number of β-lactam (4-membered cyclic amide) rings is 1. The molecule has 10 heteroatoms. The summed E-state index contributed by atoms with van der Waals surface area (Å²) in [5.41, 5.74) is 0.795. The molecule has 9 nitrogen and oxygen atoms in total. The Hall–Kier alpha value is -3.27. The normalized spacial score (nSPS) is 20.7. The topological polar surface area (TPSA) is 127 Å². The Morgan fingerprint density at radius 3 is 2.54 bits per heavy atom. The molecule has 2 atom stereocenters. The number of carbonyl (C=O) groups is 2. The van der Waals surface area contributed by atoms with Gasteiger partial charge in [-0.25, -0.2) is 14.8 Å². The van der Waals surface area contributed by atoms with E-state index in [4.69, 9.17) is 0 Å². The van der Waals surface area contributed by atoms with Crippen molar-refractivity contribution in [3.8, 4) is 0 Å². The molecule has 1 N–H and O–H groups in total. The van der Waals surface area contributed by atoms with Gasteiger partial charge >= 0.3 is 5.97 Å². The highest BCUT2D eigenvalue weighted by Crippen LogP contribution is 2.49. The molecule has 0 spiro atoms. The Morgan fingerprint density at radius 1 is 1.29 bits per heavy atom. The second kappa shape index (κ2) is 7.04. The van der Waals surface area contributed by atoms with Gasteiger partial charge in [-0.15, -0.1) is 0 Å². The lowest BCUT2D eigenvalue weighted by Crippen LogP contribution is -2.52. The summed E-state index contributed by atoms with van der Waals surface area (Å²) in [5.74, 6) is -1.62. The van der Waals surface area contributed by atoms with Gasteiger partial charge in [0.1, 0.15) is 5.70 Å². The fourth-order valence-corrected chi connectivity index (χ4v) is 4.63. The van der Waals surface area contributed by atoms with Crippen molar-refractivity contribution in [3.05, 3.63) is 69.0 Å². The maximum absolute atomic E-state index is 12.1. The van der Waals surface area contributed by atoms with E-state index < -0.39 is 10.9 Å². The third-order valence-electron chi connectivity index (χ3n) is 4.81. The van der Waals surface area contributed by atoms with E-state index in [1.807, 2.05) is 0 Å². The van der Waals surface area contributed by atoms with Crippen LogP contribution in [0.3, 0.4) is 0 Å². The molecule has 2 aromatic rings. The first-order valence-electron chi connectivity index (χ1n) is 8.43. The number of non-ortho nitro benzene ring substituents is 1. The maximum atomic E-state index is 12.1. The van der Waals surface area contributed by atoms with Crippen LogP contribution in [0.5, 0.6) is 0 Å². The highest BCUT2D eigenvalue weighted by molar-refractivity contribution is 8.03. The second-order valence-electron chi connectivity index (χ2n) is 6.42. The van der Waals surface area contributed by atoms with Gasteiger partial charge in [-0.05, 0) is 18.1 Å². The molecule has 1 amide bonds. The van der Waals surface area contributed by atoms with E-state index in [-0.39, 0.29) is 35.7 Å². The number of nitrogens with zero attached hydrogens (tertiary/aromatic N) is 4. The van der Waals surface area contributed by atoms with Crippen LogP contribution in [-0.4, -0.2) is 42.8 Å². The number of carboxylic acid groups (broad SMARTS) is 1. The molecule has 0 aliphatic carbocycles. The first kappa shape index (κ1) is 18.1. The number of amides is 1. The van der Waals surface area contributed by atoms with E-state index in [2.05, 4.69) is 9.97 Å². The molecule has 1 fully saturated rings. The minimum Gasteiger partial charge on any atom is -0.477 e. The highest BCUT2D eigenvalue weighted by Gasteiger charge is 2.53. The zero-order valence-corrected chi connectivity index (χ0v) is 15.2. The van der Waals surface area contributed by atoms with E-state index in [1.165, 1.54) is 17.0 Å². The zero-order valence-electron chi connectivity index (χ0n) is 14.4. The van der Waals surface area contributed by atoms with Crippen LogP contribution in [0.15, 0.2) is 58.5 Å². The molecule has 3 heterocycles. The summed E-state index contributed by atoms with van der Waals surface area (Å²) in [6.07, 6.45) is 3.86. The van der Waals surface area contributed by atoms with Crippen molar-refractivity contribution in [2.24, 2.45) is 5.92 Å². The van der Waals surface area contributed by atoms with Gasteiger partial charge in [0.25, 0.3) is 5.69 Å². The van der Waals surface area contributed by atoms with Crippen molar-refractivity contribution in [3.63, 3.8) is 0 Å². The van der Waals surface area contributed by atoms with Gasteiger partial charge in [-0.2, -0.15) is 0 Å². The fraction of sp³-hybridized carbons (Fsp3) is 0.222. The van der Waals surface area contributed by atoms with Crippen LogP contribution in [0.25, 0.3) is 0 Å². The number of nitro benzene ring substituents is 1. The van der Waals surface area contributed by atoms with Gasteiger partial charge in [0.15, 0.2) is 5.16 Å². The number of thioether (sulfide) groups is 1. The summed E-state index contributed by atoms with van der Waals surface area (Å²) in [4.78, 5) is 44.5. The predicted octanol–water partition coefficient (Wildman–Crippen LogP) is 2.25. The smallest absolute Gasteiger partial charge is 0.353 e. The minimum atomic E-state index is -1.16. The number of aromatic nitrogens is 2. The summed E-state index contributed by atoms with van der Waals surface area (Å²) in [7, 11) is 0. The number of rotatable bonds is 6. The van der Waals surface area contributed by atoms with Gasteiger partial charge in [0.2, 0.25) is 5.91 Å². The highest BCUT2D eigenvalue weighted by atomic mass is 32.2. The summed E-state index contributed by atoms with van der Waals surface area (Å²) in [5, 5.41) is 20.9. The molecule has 28 heavy (non-hydrogen) atoms. The average molecular weight is 398 g/mol. The molecule has 142 valence electrons. The summed E-state index contributed by atoms with van der Waals surface area (Å²) in [6.45, 7) is 0. The van der Waals surface area contributed by atoms with E-state index in [9.17, 15) is 24.8 Å². The number of aliphatic carboxylic acids is 1. The van der Waals surface area contributed by atoms with Crippen molar-refractivity contribution >= 4 is 29.3 Å². The number of carbonyl (C=O) groups excluding carboxylic acids is 1. The van der Waals surface area contributed by atoms with Gasteiger partial charge in [0.05, 0.1) is 11.0 Å².